The molecular formula is C21H21N3O2. The lowest BCUT2D eigenvalue weighted by molar-refractivity contribution is 0.262. The fraction of sp³-hybridized carbons (Fsp3) is 0.0476. The summed E-state index contributed by atoms with van der Waals surface area (Å²) in [6, 6.07) is 16.7. The standard InChI is InChI=1S/C15H14N2O.C6H7NO/c16-14-9-8-13(11-15(14)17)18-10-4-7-12-5-2-1-3-6-12;7-5-3-1-2-4-6(5)8/h1-9,11,16-17H,10H2;1-4,8H,7H2/b7-4+,16-14?,17-15?;. The summed E-state index contributed by atoms with van der Waals surface area (Å²) in [7, 11) is 0. The Balaban J connectivity index is 0.000000254. The molecule has 1 aliphatic carbocycles. The predicted octanol–water partition coefficient (Wildman–Crippen LogP) is 4.18. The van der Waals surface area contributed by atoms with Crippen molar-refractivity contribution >= 4 is 23.2 Å². The highest BCUT2D eigenvalue weighted by Gasteiger charge is 2.06. The quantitative estimate of drug-likeness (QED) is 0.379. The summed E-state index contributed by atoms with van der Waals surface area (Å²) in [5, 5.41) is 23.7. The van der Waals surface area contributed by atoms with Crippen molar-refractivity contribution in [3.8, 4) is 5.75 Å². The molecule has 0 heterocycles. The number of phenolic OH excluding ortho intramolecular Hbond substituents is 1. The first kappa shape index (κ1) is 18.7. The van der Waals surface area contributed by atoms with Gasteiger partial charge in [-0.15, -0.1) is 0 Å². The van der Waals surface area contributed by atoms with E-state index in [9.17, 15) is 0 Å². The van der Waals surface area contributed by atoms with E-state index in [-0.39, 0.29) is 17.2 Å². The number of ether oxygens (including phenoxy) is 1. The highest BCUT2D eigenvalue weighted by Crippen LogP contribution is 2.16. The number of anilines is 1. The lowest BCUT2D eigenvalue weighted by Crippen LogP contribution is -2.11. The maximum atomic E-state index is 8.79. The summed E-state index contributed by atoms with van der Waals surface area (Å²) in [5.41, 5.74) is 7.21. The molecule has 0 fully saturated rings. The van der Waals surface area contributed by atoms with E-state index >= 15 is 0 Å². The Morgan fingerprint density at radius 2 is 1.62 bits per heavy atom. The first-order valence-corrected chi connectivity index (χ1v) is 8.01. The van der Waals surface area contributed by atoms with Crippen LogP contribution in [0.1, 0.15) is 5.56 Å². The molecule has 132 valence electrons. The Bertz CT molecular complexity index is 832. The summed E-state index contributed by atoms with van der Waals surface area (Å²) in [5.74, 6) is 0.765. The molecule has 0 unspecified atom stereocenters. The number of allylic oxidation sites excluding steroid dienone is 3. The Kier molecular flexibility index (Phi) is 6.94. The third kappa shape index (κ3) is 6.13. The molecule has 1 aliphatic rings. The molecule has 5 nitrogen and oxygen atoms in total. The number of phenols is 1. The zero-order chi connectivity index (χ0) is 18.8. The van der Waals surface area contributed by atoms with Gasteiger partial charge in [0.25, 0.3) is 0 Å². The second kappa shape index (κ2) is 9.64. The van der Waals surface area contributed by atoms with E-state index in [1.807, 2.05) is 42.5 Å². The second-order valence-corrected chi connectivity index (χ2v) is 5.39. The number of nitrogens with two attached hydrogens (primary N) is 1. The minimum atomic E-state index is 0.146. The number of rotatable bonds is 4. The molecule has 0 saturated heterocycles. The smallest absolute Gasteiger partial charge is 0.138 e. The molecule has 0 radical (unpaired) electrons. The first-order chi connectivity index (χ1) is 12.6. The monoisotopic (exact) mass is 347 g/mol. The first-order valence-electron chi connectivity index (χ1n) is 8.01. The topological polar surface area (TPSA) is 103 Å². The fourth-order valence-electron chi connectivity index (χ4n) is 1.99. The van der Waals surface area contributed by atoms with Crippen LogP contribution in [0.3, 0.4) is 0 Å². The number of benzene rings is 2. The van der Waals surface area contributed by atoms with Crippen LogP contribution in [0.5, 0.6) is 5.75 Å². The second-order valence-electron chi connectivity index (χ2n) is 5.39. The van der Waals surface area contributed by atoms with Gasteiger partial charge >= 0.3 is 0 Å². The molecule has 0 atom stereocenters. The fourth-order valence-corrected chi connectivity index (χ4v) is 1.99. The SMILES string of the molecule is N=C1C=CC(OC/C=C/c2ccccc2)=CC1=N.Nc1ccccc1O. The molecule has 2 aromatic rings. The molecule has 0 amide bonds. The molecule has 0 bridgehead atoms. The average molecular weight is 347 g/mol. The zero-order valence-electron chi connectivity index (χ0n) is 14.2. The summed E-state index contributed by atoms with van der Waals surface area (Å²) in [6.45, 7) is 0.450. The molecule has 0 aliphatic heterocycles. The van der Waals surface area contributed by atoms with Crippen LogP contribution < -0.4 is 5.73 Å². The minimum absolute atomic E-state index is 0.146. The van der Waals surface area contributed by atoms with Crippen LogP contribution in [0.4, 0.5) is 5.69 Å². The lowest BCUT2D eigenvalue weighted by atomic mass is 10.1. The van der Waals surface area contributed by atoms with E-state index in [1.165, 1.54) is 0 Å². The van der Waals surface area contributed by atoms with Crippen LogP contribution in [0.25, 0.3) is 6.08 Å². The van der Waals surface area contributed by atoms with Crippen molar-refractivity contribution < 1.29 is 9.84 Å². The van der Waals surface area contributed by atoms with Crippen molar-refractivity contribution in [1.82, 2.24) is 0 Å². The van der Waals surface area contributed by atoms with Gasteiger partial charge in [-0.2, -0.15) is 0 Å². The number of hydrogen-bond donors (Lipinski definition) is 4. The van der Waals surface area contributed by atoms with Gasteiger partial charge in [0.15, 0.2) is 0 Å². The Labute approximate surface area is 152 Å². The van der Waals surface area contributed by atoms with E-state index in [0.717, 1.165) is 5.56 Å². The van der Waals surface area contributed by atoms with E-state index in [1.54, 1.807) is 42.5 Å². The number of aromatic hydroxyl groups is 1. The molecule has 0 aromatic heterocycles. The van der Waals surface area contributed by atoms with Crippen LogP contribution in [0.2, 0.25) is 0 Å². The van der Waals surface area contributed by atoms with Gasteiger partial charge in [0.05, 0.1) is 17.1 Å². The third-order valence-electron chi connectivity index (χ3n) is 3.38. The van der Waals surface area contributed by atoms with Gasteiger partial charge in [0, 0.05) is 6.08 Å². The van der Waals surface area contributed by atoms with Crippen molar-refractivity contribution in [2.24, 2.45) is 0 Å². The highest BCUT2D eigenvalue weighted by molar-refractivity contribution is 6.48. The van der Waals surface area contributed by atoms with Gasteiger partial charge in [0.1, 0.15) is 18.1 Å². The summed E-state index contributed by atoms with van der Waals surface area (Å²) in [4.78, 5) is 0. The molecule has 2 aromatic carbocycles. The molecule has 5 N–H and O–H groups in total. The maximum Gasteiger partial charge on any atom is 0.138 e. The van der Waals surface area contributed by atoms with Gasteiger partial charge < -0.3 is 15.6 Å². The maximum absolute atomic E-state index is 8.79. The van der Waals surface area contributed by atoms with Gasteiger partial charge in [-0.05, 0) is 35.9 Å². The Morgan fingerprint density at radius 1 is 0.923 bits per heavy atom. The summed E-state index contributed by atoms with van der Waals surface area (Å²) in [6.07, 6.45) is 8.74. The van der Waals surface area contributed by atoms with Crippen molar-refractivity contribution in [1.29, 1.82) is 10.8 Å². The molecule has 0 spiro atoms. The van der Waals surface area contributed by atoms with Crippen LogP contribution >= 0.6 is 0 Å². The molecular weight excluding hydrogens is 326 g/mol. The van der Waals surface area contributed by atoms with Crippen LogP contribution in [-0.2, 0) is 4.74 Å². The van der Waals surface area contributed by atoms with Crippen molar-refractivity contribution in [3.05, 3.63) is 90.2 Å². The Hall–Kier alpha value is -3.60. The van der Waals surface area contributed by atoms with Gasteiger partial charge in [-0.25, -0.2) is 0 Å². The van der Waals surface area contributed by atoms with Crippen molar-refractivity contribution in [3.63, 3.8) is 0 Å². The molecule has 5 heteroatoms. The van der Waals surface area contributed by atoms with Gasteiger partial charge in [-0.3, -0.25) is 10.8 Å². The van der Waals surface area contributed by atoms with Crippen molar-refractivity contribution in [2.45, 2.75) is 0 Å². The normalized spacial score (nSPS) is 13.2. The van der Waals surface area contributed by atoms with Crippen LogP contribution in [0.15, 0.2) is 84.7 Å². The van der Waals surface area contributed by atoms with E-state index in [2.05, 4.69) is 0 Å². The van der Waals surface area contributed by atoms with Gasteiger partial charge in [0.2, 0.25) is 0 Å². The van der Waals surface area contributed by atoms with Crippen molar-refractivity contribution in [2.75, 3.05) is 12.3 Å². The predicted molar refractivity (Wildman–Crippen MR) is 107 cm³/mol. The van der Waals surface area contributed by atoms with Gasteiger partial charge in [-0.1, -0.05) is 48.5 Å². The highest BCUT2D eigenvalue weighted by atomic mass is 16.5. The summed E-state index contributed by atoms with van der Waals surface area (Å²) < 4.78 is 5.47. The number of hydrogen-bond acceptors (Lipinski definition) is 5. The van der Waals surface area contributed by atoms with E-state index < -0.39 is 0 Å². The molecule has 3 rings (SSSR count). The largest absolute Gasteiger partial charge is 0.506 e. The van der Waals surface area contributed by atoms with E-state index in [4.69, 9.17) is 26.4 Å². The number of nitrogens with one attached hydrogen (secondary N) is 2. The average Bonchev–Trinajstić information content (AvgIpc) is 2.65. The van der Waals surface area contributed by atoms with E-state index in [0.29, 0.717) is 18.1 Å². The third-order valence-corrected chi connectivity index (χ3v) is 3.38. The number of para-hydroxylation sites is 2. The molecule has 26 heavy (non-hydrogen) atoms. The minimum Gasteiger partial charge on any atom is -0.506 e. The lowest BCUT2D eigenvalue weighted by Gasteiger charge is -2.08. The zero-order valence-corrected chi connectivity index (χ0v) is 14.2. The number of nitrogen functional groups attached to an aromatic ring is 1. The Morgan fingerprint density at radius 3 is 2.23 bits per heavy atom. The summed E-state index contributed by atoms with van der Waals surface area (Å²) >= 11 is 0. The van der Waals surface area contributed by atoms with Crippen LogP contribution in [0, 0.1) is 10.8 Å². The van der Waals surface area contributed by atoms with Crippen LogP contribution in [-0.4, -0.2) is 23.1 Å². The molecule has 0 saturated carbocycles.